The fraction of sp³-hybridized carbons (Fsp3) is 0.125. The van der Waals surface area contributed by atoms with Crippen molar-refractivity contribution >= 4 is 85.6 Å². The number of fused-ring (bicyclic) bond motifs is 1. The van der Waals surface area contributed by atoms with Gasteiger partial charge in [-0.2, -0.15) is 0 Å². The first-order valence-corrected chi connectivity index (χ1v) is 15.5. The van der Waals surface area contributed by atoms with Crippen molar-refractivity contribution in [3.63, 3.8) is 0 Å². The van der Waals surface area contributed by atoms with Crippen LogP contribution in [0, 0.1) is 37.8 Å². The van der Waals surface area contributed by atoms with Gasteiger partial charge in [0.25, 0.3) is 17.5 Å². The normalized spacial score (nSPS) is 13.7. The predicted octanol–water partition coefficient (Wildman–Crippen LogP) is 7.93. The monoisotopic (exact) mass is 640 g/mol. The molecule has 220 valence electrons. The molecule has 0 unspecified atom stereocenters. The van der Waals surface area contributed by atoms with E-state index in [1.54, 1.807) is 18.2 Å². The number of hydrogen-bond acceptors (Lipinski definition) is 9. The number of furan rings is 1. The van der Waals surface area contributed by atoms with Crippen molar-refractivity contribution in [1.82, 2.24) is 4.98 Å². The molecule has 3 aromatic carbocycles. The third-order valence-corrected chi connectivity index (χ3v) is 9.75. The molecular formula is C32H24N4O5S3. The number of thiocarbonyl (C=S) groups is 1. The third kappa shape index (κ3) is 5.43. The number of carbonyl (C=O) groups is 2. The molecule has 0 radical (unpaired) electrons. The first-order chi connectivity index (χ1) is 21.0. The standard InChI is InChI=1S/C32H24N4O5S3/c1-17-5-7-21(13-19(17)3)34-29(37)25(30(38)35(32(34)42)22-8-6-18(2)20(4)14-22)16-24-10-12-28(41-24)44-31-33-26-11-9-23(36(39)40)15-27(26)43-31/h5-16H,1-4H3. The highest BCUT2D eigenvalue weighted by Crippen LogP contribution is 2.37. The zero-order valence-electron chi connectivity index (χ0n) is 24.0. The summed E-state index contributed by atoms with van der Waals surface area (Å²) < 4.78 is 7.31. The van der Waals surface area contributed by atoms with Gasteiger partial charge in [0, 0.05) is 12.1 Å². The molecule has 44 heavy (non-hydrogen) atoms. The summed E-state index contributed by atoms with van der Waals surface area (Å²) >= 11 is 8.33. The Kier molecular flexibility index (Phi) is 7.66. The molecular weight excluding hydrogens is 617 g/mol. The molecule has 12 heteroatoms. The van der Waals surface area contributed by atoms with Gasteiger partial charge in [-0.25, -0.2) is 4.98 Å². The van der Waals surface area contributed by atoms with Crippen LogP contribution in [0.3, 0.4) is 0 Å². The minimum absolute atomic E-state index is 0.00408. The van der Waals surface area contributed by atoms with E-state index in [0.29, 0.717) is 36.8 Å². The summed E-state index contributed by atoms with van der Waals surface area (Å²) in [5.74, 6) is -0.808. The van der Waals surface area contributed by atoms with Crippen LogP contribution in [0.4, 0.5) is 17.1 Å². The molecule has 2 amide bonds. The smallest absolute Gasteiger partial charge is 0.270 e. The van der Waals surface area contributed by atoms with Crippen molar-refractivity contribution in [2.75, 3.05) is 9.80 Å². The molecule has 0 spiro atoms. The van der Waals surface area contributed by atoms with E-state index in [0.717, 1.165) is 22.3 Å². The van der Waals surface area contributed by atoms with E-state index in [1.807, 2.05) is 64.1 Å². The lowest BCUT2D eigenvalue weighted by Gasteiger charge is -2.36. The van der Waals surface area contributed by atoms with Crippen molar-refractivity contribution in [1.29, 1.82) is 0 Å². The second-order valence-electron chi connectivity index (χ2n) is 10.3. The third-order valence-electron chi connectivity index (χ3n) is 7.39. The molecule has 0 atom stereocenters. The van der Waals surface area contributed by atoms with Crippen molar-refractivity contribution in [2.24, 2.45) is 0 Å². The lowest BCUT2D eigenvalue weighted by atomic mass is 10.0. The Morgan fingerprint density at radius 2 is 1.48 bits per heavy atom. The second kappa shape index (κ2) is 11.5. The molecule has 0 aliphatic carbocycles. The van der Waals surface area contributed by atoms with Gasteiger partial charge in [0.15, 0.2) is 14.5 Å². The van der Waals surface area contributed by atoms with E-state index >= 15 is 0 Å². The molecule has 3 heterocycles. The summed E-state index contributed by atoms with van der Waals surface area (Å²) in [7, 11) is 0. The maximum absolute atomic E-state index is 13.9. The van der Waals surface area contributed by atoms with Gasteiger partial charge in [0.05, 0.1) is 26.5 Å². The van der Waals surface area contributed by atoms with Gasteiger partial charge in [0.2, 0.25) is 0 Å². The van der Waals surface area contributed by atoms with Crippen LogP contribution in [-0.4, -0.2) is 26.8 Å². The van der Waals surface area contributed by atoms with Crippen LogP contribution in [0.2, 0.25) is 0 Å². The average Bonchev–Trinajstić information content (AvgIpc) is 3.60. The van der Waals surface area contributed by atoms with Gasteiger partial charge >= 0.3 is 0 Å². The van der Waals surface area contributed by atoms with Crippen LogP contribution in [0.25, 0.3) is 16.3 Å². The molecule has 1 aliphatic heterocycles. The summed E-state index contributed by atoms with van der Waals surface area (Å²) in [4.78, 5) is 45.8. The fourth-order valence-corrected chi connectivity index (χ4v) is 7.04. The SMILES string of the molecule is Cc1ccc(N2C(=O)C(=Cc3ccc(Sc4nc5ccc([N+](=O)[O-])cc5s4)o3)C(=O)N(c3ccc(C)c(C)c3)C2=S)cc1C. The summed E-state index contributed by atoms with van der Waals surface area (Å²) in [6.45, 7) is 7.87. The highest BCUT2D eigenvalue weighted by Gasteiger charge is 2.41. The Morgan fingerprint density at radius 1 is 0.864 bits per heavy atom. The number of nitro benzene ring substituents is 1. The molecule has 0 saturated carbocycles. The first kappa shape index (κ1) is 29.4. The fourth-order valence-electron chi connectivity index (χ4n) is 4.66. The largest absolute Gasteiger partial charge is 0.450 e. The van der Waals surface area contributed by atoms with Crippen molar-refractivity contribution in [3.05, 3.63) is 110 Å². The Hall–Kier alpha value is -4.65. The highest BCUT2D eigenvalue weighted by molar-refractivity contribution is 8.01. The van der Waals surface area contributed by atoms with Crippen LogP contribution in [-0.2, 0) is 9.59 Å². The number of benzene rings is 3. The number of nitrogens with zero attached hydrogens (tertiary/aromatic N) is 4. The van der Waals surface area contributed by atoms with Gasteiger partial charge < -0.3 is 4.42 Å². The van der Waals surface area contributed by atoms with E-state index in [4.69, 9.17) is 16.6 Å². The van der Waals surface area contributed by atoms with Crippen molar-refractivity contribution in [2.45, 2.75) is 37.1 Å². The number of anilines is 2. The number of rotatable bonds is 6. The van der Waals surface area contributed by atoms with Gasteiger partial charge in [-0.1, -0.05) is 12.1 Å². The van der Waals surface area contributed by atoms with E-state index in [1.165, 1.54) is 51.1 Å². The quantitative estimate of drug-likeness (QED) is 0.0605. The summed E-state index contributed by atoms with van der Waals surface area (Å²) in [5, 5.41) is 11.7. The molecule has 2 aromatic heterocycles. The van der Waals surface area contributed by atoms with Crippen LogP contribution in [0.1, 0.15) is 28.0 Å². The number of thiazole rings is 1. The maximum atomic E-state index is 13.9. The van der Waals surface area contributed by atoms with Gasteiger partial charge in [-0.15, -0.1) is 11.3 Å². The Labute approximate surface area is 266 Å². The summed E-state index contributed by atoms with van der Waals surface area (Å²) in [6.07, 6.45) is 1.43. The van der Waals surface area contributed by atoms with E-state index in [-0.39, 0.29) is 16.4 Å². The predicted molar refractivity (Wildman–Crippen MR) is 176 cm³/mol. The van der Waals surface area contributed by atoms with Crippen molar-refractivity contribution < 1.29 is 18.9 Å². The number of non-ortho nitro benzene ring substituents is 1. The number of nitro groups is 1. The van der Waals surface area contributed by atoms with Crippen LogP contribution < -0.4 is 9.80 Å². The maximum Gasteiger partial charge on any atom is 0.270 e. The summed E-state index contributed by atoms with van der Waals surface area (Å²) in [6, 6.07) is 19.1. The lowest BCUT2D eigenvalue weighted by molar-refractivity contribution is -0.384. The zero-order chi connectivity index (χ0) is 31.3. The molecule has 1 aliphatic rings. The second-order valence-corrected chi connectivity index (χ2v) is 13.0. The molecule has 1 fully saturated rings. The zero-order valence-corrected chi connectivity index (χ0v) is 26.4. The van der Waals surface area contributed by atoms with E-state index in [9.17, 15) is 19.7 Å². The van der Waals surface area contributed by atoms with Crippen molar-refractivity contribution in [3.8, 4) is 0 Å². The molecule has 6 rings (SSSR count). The number of hydrogen-bond donors (Lipinski definition) is 0. The van der Waals surface area contributed by atoms with Crippen LogP contribution in [0.5, 0.6) is 0 Å². The Morgan fingerprint density at radius 3 is 2.05 bits per heavy atom. The minimum Gasteiger partial charge on any atom is -0.450 e. The molecule has 9 nitrogen and oxygen atoms in total. The van der Waals surface area contributed by atoms with E-state index < -0.39 is 16.7 Å². The average molecular weight is 641 g/mol. The minimum atomic E-state index is -0.554. The molecule has 1 saturated heterocycles. The highest BCUT2D eigenvalue weighted by atomic mass is 32.2. The van der Waals surface area contributed by atoms with E-state index in [2.05, 4.69) is 4.98 Å². The topological polar surface area (TPSA) is 110 Å². The summed E-state index contributed by atoms with van der Waals surface area (Å²) in [5.41, 5.74) is 5.74. The Balaban J connectivity index is 1.36. The van der Waals surface area contributed by atoms with Gasteiger partial charge in [-0.05, 0) is 122 Å². The number of carbonyl (C=O) groups excluding carboxylic acids is 2. The number of aromatic nitrogens is 1. The van der Waals surface area contributed by atoms with Gasteiger partial charge in [0.1, 0.15) is 11.3 Å². The molecule has 5 aromatic rings. The van der Waals surface area contributed by atoms with Crippen LogP contribution >= 0.6 is 35.3 Å². The lowest BCUT2D eigenvalue weighted by Crippen LogP contribution is -2.57. The number of aryl methyl sites for hydroxylation is 4. The van der Waals surface area contributed by atoms with Crippen LogP contribution in [0.15, 0.2) is 86.2 Å². The molecule has 0 bridgehead atoms. The Bertz CT molecular complexity index is 1990. The first-order valence-electron chi connectivity index (χ1n) is 13.4. The molecule has 0 N–H and O–H groups in total. The van der Waals surface area contributed by atoms with Gasteiger partial charge in [-0.3, -0.25) is 29.5 Å². The number of amides is 2.